The Morgan fingerprint density at radius 2 is 1.83 bits per heavy atom. The van der Waals surface area contributed by atoms with Crippen molar-refractivity contribution in [2.45, 2.75) is 105 Å². The summed E-state index contributed by atoms with van der Waals surface area (Å²) in [6, 6.07) is 15.9. The van der Waals surface area contributed by atoms with Gasteiger partial charge in [-0.15, -0.1) is 0 Å². The molecule has 0 amide bonds. The van der Waals surface area contributed by atoms with Crippen LogP contribution in [0.25, 0.3) is 33.3 Å². The lowest BCUT2D eigenvalue weighted by molar-refractivity contribution is -0.121. The minimum Gasteiger partial charge on any atom is -0.501 e. The topological polar surface area (TPSA) is 107 Å². The summed E-state index contributed by atoms with van der Waals surface area (Å²) in [5, 5.41) is 4.62. The number of nitrogens with two attached hydrogens (primary N) is 1. The molecule has 314 valence electrons. The van der Waals surface area contributed by atoms with E-state index in [1.807, 2.05) is 43.3 Å². The summed E-state index contributed by atoms with van der Waals surface area (Å²) in [6.07, 6.45) is 7.83. The van der Waals surface area contributed by atoms with Gasteiger partial charge in [-0.05, 0) is 110 Å². The molecule has 58 heavy (non-hydrogen) atoms. The number of aryl methyl sites for hydroxylation is 1. The number of ketones is 1. The first-order valence-electron chi connectivity index (χ1n) is 20.5. The highest BCUT2D eigenvalue weighted by atomic mass is 19.1. The molecular formula is C48H67FN6O3. The number of likely N-dealkylation sites (N-methyl/N-ethyl adjacent to an activating group) is 1. The number of fused-ring (bicyclic) bond motifs is 1. The van der Waals surface area contributed by atoms with Crippen LogP contribution in [-0.4, -0.2) is 59.6 Å². The number of benzene rings is 2. The maximum atomic E-state index is 14.7. The quantitative estimate of drug-likeness (QED) is 0.0264. The van der Waals surface area contributed by atoms with Crippen LogP contribution >= 0.6 is 0 Å². The van der Waals surface area contributed by atoms with E-state index in [-0.39, 0.29) is 29.3 Å². The van der Waals surface area contributed by atoms with Gasteiger partial charge < -0.3 is 24.3 Å². The van der Waals surface area contributed by atoms with E-state index in [4.69, 9.17) is 20.3 Å². The van der Waals surface area contributed by atoms with Gasteiger partial charge in [-0.25, -0.2) is 4.39 Å². The van der Waals surface area contributed by atoms with Crippen molar-refractivity contribution in [3.8, 4) is 22.4 Å². The van der Waals surface area contributed by atoms with Crippen LogP contribution in [0.15, 0.2) is 92.6 Å². The fourth-order valence-electron chi connectivity index (χ4n) is 8.13. The number of unbranched alkanes of at least 4 members (excludes halogenated alkanes) is 1. The van der Waals surface area contributed by atoms with Crippen molar-refractivity contribution in [1.82, 2.24) is 25.2 Å². The minimum absolute atomic E-state index is 0.0722. The summed E-state index contributed by atoms with van der Waals surface area (Å²) in [4.78, 5) is 20.7. The smallest absolute Gasteiger partial charge is 0.155 e. The number of hydrazine groups is 1. The van der Waals surface area contributed by atoms with Gasteiger partial charge in [0.2, 0.25) is 0 Å². The number of Topliss-reactive ketones (excluding diaryl/α,β-unsaturated/α-hetero) is 1. The first kappa shape index (κ1) is 45.9. The van der Waals surface area contributed by atoms with E-state index in [0.717, 1.165) is 63.2 Å². The Labute approximate surface area is 346 Å². The summed E-state index contributed by atoms with van der Waals surface area (Å²) >= 11 is 0. The minimum atomic E-state index is -0.631. The number of ether oxygens (including phenoxy) is 2. The summed E-state index contributed by atoms with van der Waals surface area (Å²) in [7, 11) is 3.67. The fraction of sp³-hybridized carbons (Fsp3) is 0.458. The van der Waals surface area contributed by atoms with Crippen molar-refractivity contribution in [2.75, 3.05) is 27.3 Å². The van der Waals surface area contributed by atoms with Crippen molar-refractivity contribution >= 4 is 16.7 Å². The molecular weight excluding hydrogens is 728 g/mol. The largest absolute Gasteiger partial charge is 0.501 e. The molecule has 9 nitrogen and oxygen atoms in total. The van der Waals surface area contributed by atoms with Crippen LogP contribution < -0.4 is 16.6 Å². The van der Waals surface area contributed by atoms with Crippen LogP contribution in [0.2, 0.25) is 0 Å². The predicted octanol–water partition coefficient (Wildman–Crippen LogP) is 9.61. The van der Waals surface area contributed by atoms with Crippen molar-refractivity contribution in [3.63, 3.8) is 0 Å². The van der Waals surface area contributed by atoms with Gasteiger partial charge >= 0.3 is 0 Å². The molecule has 4 N–H and O–H groups in total. The third-order valence-corrected chi connectivity index (χ3v) is 11.0. The van der Waals surface area contributed by atoms with Gasteiger partial charge in [0, 0.05) is 67.4 Å². The molecule has 0 aliphatic carbocycles. The molecule has 4 aromatic rings. The zero-order valence-electron chi connectivity index (χ0n) is 36.2. The van der Waals surface area contributed by atoms with Crippen LogP contribution in [0.3, 0.4) is 0 Å². The van der Waals surface area contributed by atoms with E-state index in [0.29, 0.717) is 44.4 Å². The van der Waals surface area contributed by atoms with Crippen molar-refractivity contribution in [2.24, 2.45) is 17.2 Å². The molecule has 3 atom stereocenters. The van der Waals surface area contributed by atoms with E-state index in [1.165, 1.54) is 11.8 Å². The number of pyridine rings is 1. The molecule has 0 radical (unpaired) electrons. The second-order valence-corrected chi connectivity index (χ2v) is 16.4. The van der Waals surface area contributed by atoms with Gasteiger partial charge in [-0.2, -0.15) is 0 Å². The van der Waals surface area contributed by atoms with Crippen LogP contribution in [-0.2, 0) is 40.3 Å². The predicted molar refractivity (Wildman–Crippen MR) is 238 cm³/mol. The van der Waals surface area contributed by atoms with Gasteiger partial charge in [-0.1, -0.05) is 65.6 Å². The highest BCUT2D eigenvalue weighted by Gasteiger charge is 2.29. The number of aromatic nitrogens is 2. The number of carbonyl (C=O) groups excluding carboxylic acids is 1. The maximum Gasteiger partial charge on any atom is 0.155 e. The number of hydrogen-bond donors (Lipinski definition) is 3. The molecule has 4 rings (SSSR count). The average Bonchev–Trinajstić information content (AvgIpc) is 3.51. The summed E-state index contributed by atoms with van der Waals surface area (Å²) in [5.74, 6) is 5.79. The molecule has 0 aliphatic heterocycles. The number of hydrogen-bond acceptors (Lipinski definition) is 8. The zero-order chi connectivity index (χ0) is 42.6. The molecule has 0 saturated carbocycles. The SMILES string of the molecule is C=COCC(C)(C)Cc1c(-c2cccnc2C(C)OC)n(CC)c2ccc(-c3cc(CF)cc(CC(NC(=C)C(C(C)C)N(C)C=C)C(=O)CCCCNN)c3)cc12. The average molecular weight is 795 g/mol. The normalized spacial score (nSPS) is 13.3. The first-order valence-corrected chi connectivity index (χ1v) is 20.5. The third kappa shape index (κ3) is 11.2. The lowest BCUT2D eigenvalue weighted by Crippen LogP contribution is -2.45. The van der Waals surface area contributed by atoms with Crippen LogP contribution in [0.1, 0.15) is 89.3 Å². The van der Waals surface area contributed by atoms with Crippen molar-refractivity contribution in [3.05, 3.63) is 115 Å². The van der Waals surface area contributed by atoms with Crippen molar-refractivity contribution in [1.29, 1.82) is 0 Å². The van der Waals surface area contributed by atoms with E-state index < -0.39 is 12.7 Å². The standard InChI is InChI=1S/C48H67FN6O3/c1-12-54(10)46(32(4)5)33(6)53-42(44(56)19-15-16-23-52-50)27-35-24-36(30-49)26-38(25-35)37-20-21-43-40(28-37)41(29-48(8,9)31-58-14-3)47(55(43)13-2)39-18-17-22-51-45(39)34(7)57-11/h12,14,17-18,20-22,24-26,28,32,34,42,46,52-53H,1,3,6,13,15-16,19,23,27,29-31,50H2,2,4-5,7-11H3. The number of carbonyl (C=O) groups is 1. The summed E-state index contributed by atoms with van der Waals surface area (Å²) < 4.78 is 28.7. The Hall–Kier alpha value is -4.77. The van der Waals surface area contributed by atoms with Crippen LogP contribution in [0.4, 0.5) is 4.39 Å². The number of methoxy groups -OCH3 is 1. The Morgan fingerprint density at radius 3 is 2.47 bits per heavy atom. The van der Waals surface area contributed by atoms with Gasteiger partial charge in [0.1, 0.15) is 6.67 Å². The molecule has 0 bridgehead atoms. The molecule has 0 fully saturated rings. The lowest BCUT2D eigenvalue weighted by Gasteiger charge is -2.34. The maximum absolute atomic E-state index is 14.7. The zero-order valence-corrected chi connectivity index (χ0v) is 36.2. The number of halogens is 1. The van der Waals surface area contributed by atoms with E-state index in [1.54, 1.807) is 13.3 Å². The molecule has 10 heteroatoms. The summed E-state index contributed by atoms with van der Waals surface area (Å²) in [5.41, 5.74) is 11.7. The van der Waals surface area contributed by atoms with E-state index in [2.05, 4.69) is 100.0 Å². The molecule has 2 heterocycles. The number of nitrogens with zero attached hydrogens (tertiary/aromatic N) is 3. The fourth-order valence-corrected chi connectivity index (χ4v) is 8.13. The van der Waals surface area contributed by atoms with Gasteiger partial charge in [-0.3, -0.25) is 21.0 Å². The van der Waals surface area contributed by atoms with Gasteiger partial charge in [0.15, 0.2) is 5.78 Å². The van der Waals surface area contributed by atoms with Crippen LogP contribution in [0.5, 0.6) is 0 Å². The Morgan fingerprint density at radius 1 is 1.09 bits per heavy atom. The Kier molecular flexibility index (Phi) is 16.9. The molecule has 0 spiro atoms. The third-order valence-electron chi connectivity index (χ3n) is 11.0. The van der Waals surface area contributed by atoms with E-state index >= 15 is 0 Å². The summed E-state index contributed by atoms with van der Waals surface area (Å²) in [6.45, 7) is 26.2. The molecule has 2 aromatic heterocycles. The molecule has 2 aromatic carbocycles. The monoisotopic (exact) mass is 795 g/mol. The second kappa shape index (κ2) is 21.3. The highest BCUT2D eigenvalue weighted by molar-refractivity contribution is 5.95. The highest BCUT2D eigenvalue weighted by Crippen LogP contribution is 2.42. The molecule has 0 saturated heterocycles. The van der Waals surface area contributed by atoms with Gasteiger partial charge in [0.05, 0.1) is 42.4 Å². The second-order valence-electron chi connectivity index (χ2n) is 16.4. The Bertz CT molecular complexity index is 2020. The lowest BCUT2D eigenvalue weighted by atomic mass is 9.84. The molecule has 3 unspecified atom stereocenters. The molecule has 0 aliphatic rings. The van der Waals surface area contributed by atoms with Gasteiger partial charge in [0.25, 0.3) is 0 Å². The number of rotatable bonds is 25. The van der Waals surface area contributed by atoms with Crippen molar-refractivity contribution < 1.29 is 18.7 Å². The van der Waals surface area contributed by atoms with E-state index in [9.17, 15) is 9.18 Å². The van der Waals surface area contributed by atoms with Crippen LogP contribution in [0, 0.1) is 11.3 Å². The number of nitrogens with one attached hydrogen (secondary N) is 2. The Balaban J connectivity index is 1.88. The first-order chi connectivity index (χ1) is 27.7. The number of alkyl halides is 1.